The van der Waals surface area contributed by atoms with Gasteiger partial charge < -0.3 is 11.1 Å². The Balaban J connectivity index is 2.98. The molecule has 0 aliphatic carbocycles. The van der Waals surface area contributed by atoms with Crippen LogP contribution in [0, 0.1) is 12.3 Å². The summed E-state index contributed by atoms with van der Waals surface area (Å²) in [6, 6.07) is 0.415. The molecule has 0 rings (SSSR count). The summed E-state index contributed by atoms with van der Waals surface area (Å²) in [6.07, 6.45) is 6.97. The van der Waals surface area contributed by atoms with Gasteiger partial charge in [0.1, 0.15) is 0 Å². The molecule has 0 aromatic heterocycles. The number of terminal acetylenes is 1. The van der Waals surface area contributed by atoms with Gasteiger partial charge in [0.05, 0.1) is 0 Å². The van der Waals surface area contributed by atoms with Gasteiger partial charge in [0, 0.05) is 19.0 Å². The lowest BCUT2D eigenvalue weighted by molar-refractivity contribution is 0.547. The molecule has 0 aliphatic rings. The SMILES string of the molecule is C#CCCCNC(C)CN. The van der Waals surface area contributed by atoms with Crippen LogP contribution in [-0.4, -0.2) is 19.1 Å². The van der Waals surface area contributed by atoms with Gasteiger partial charge in [-0.1, -0.05) is 0 Å². The van der Waals surface area contributed by atoms with Crippen LogP contribution >= 0.6 is 0 Å². The molecule has 3 N–H and O–H groups in total. The summed E-state index contributed by atoms with van der Waals surface area (Å²) >= 11 is 0. The van der Waals surface area contributed by atoms with Gasteiger partial charge in [0.15, 0.2) is 0 Å². The average molecular weight is 140 g/mol. The van der Waals surface area contributed by atoms with E-state index < -0.39 is 0 Å². The van der Waals surface area contributed by atoms with Crippen LogP contribution in [0.15, 0.2) is 0 Å². The highest BCUT2D eigenvalue weighted by Gasteiger charge is 1.94. The lowest BCUT2D eigenvalue weighted by Gasteiger charge is -2.09. The molecule has 0 bridgehead atoms. The van der Waals surface area contributed by atoms with Gasteiger partial charge in [-0.2, -0.15) is 0 Å². The Morgan fingerprint density at radius 1 is 1.70 bits per heavy atom. The van der Waals surface area contributed by atoms with Gasteiger partial charge in [-0.25, -0.2) is 0 Å². The minimum absolute atomic E-state index is 0.415. The number of rotatable bonds is 5. The highest BCUT2D eigenvalue weighted by molar-refractivity contribution is 4.83. The fraction of sp³-hybridized carbons (Fsp3) is 0.750. The summed E-state index contributed by atoms with van der Waals surface area (Å²) in [5.41, 5.74) is 5.38. The third kappa shape index (κ3) is 5.61. The van der Waals surface area contributed by atoms with Crippen molar-refractivity contribution >= 4 is 0 Å². The summed E-state index contributed by atoms with van der Waals surface area (Å²) in [7, 11) is 0. The van der Waals surface area contributed by atoms with E-state index in [2.05, 4.69) is 18.2 Å². The Kier molecular flexibility index (Phi) is 6.25. The van der Waals surface area contributed by atoms with Crippen molar-refractivity contribution < 1.29 is 0 Å². The van der Waals surface area contributed by atoms with E-state index in [9.17, 15) is 0 Å². The van der Waals surface area contributed by atoms with Crippen LogP contribution in [0.2, 0.25) is 0 Å². The van der Waals surface area contributed by atoms with Crippen LogP contribution in [0.1, 0.15) is 19.8 Å². The zero-order valence-electron chi connectivity index (χ0n) is 6.56. The Hall–Kier alpha value is -0.520. The van der Waals surface area contributed by atoms with Crippen LogP contribution in [0.4, 0.5) is 0 Å². The molecule has 0 fully saturated rings. The van der Waals surface area contributed by atoms with Gasteiger partial charge in [-0.3, -0.25) is 0 Å². The molecule has 0 saturated carbocycles. The third-order valence-corrected chi connectivity index (χ3v) is 1.34. The largest absolute Gasteiger partial charge is 0.329 e. The fourth-order valence-electron chi connectivity index (χ4n) is 0.622. The third-order valence-electron chi connectivity index (χ3n) is 1.34. The molecule has 2 nitrogen and oxygen atoms in total. The number of hydrogen-bond acceptors (Lipinski definition) is 2. The van der Waals surface area contributed by atoms with Gasteiger partial charge in [0.25, 0.3) is 0 Å². The number of hydrogen-bond donors (Lipinski definition) is 2. The number of nitrogens with one attached hydrogen (secondary N) is 1. The van der Waals surface area contributed by atoms with Crippen molar-refractivity contribution in [1.82, 2.24) is 5.32 Å². The molecular weight excluding hydrogens is 124 g/mol. The lowest BCUT2D eigenvalue weighted by Crippen LogP contribution is -2.33. The molecule has 0 aromatic rings. The zero-order chi connectivity index (χ0) is 7.82. The molecule has 2 heteroatoms. The molecule has 0 saturated heterocycles. The highest BCUT2D eigenvalue weighted by Crippen LogP contribution is 1.84. The molecular formula is C8H16N2. The van der Waals surface area contributed by atoms with E-state index in [-0.39, 0.29) is 0 Å². The second-order valence-corrected chi connectivity index (χ2v) is 2.40. The van der Waals surface area contributed by atoms with Crippen LogP contribution in [0.25, 0.3) is 0 Å². The number of nitrogens with two attached hydrogens (primary N) is 1. The van der Waals surface area contributed by atoms with Crippen molar-refractivity contribution in [2.24, 2.45) is 5.73 Å². The van der Waals surface area contributed by atoms with Crippen molar-refractivity contribution in [3.63, 3.8) is 0 Å². The Bertz CT molecular complexity index is 104. The predicted molar refractivity (Wildman–Crippen MR) is 44.6 cm³/mol. The topological polar surface area (TPSA) is 38.0 Å². The smallest absolute Gasteiger partial charge is 0.0161 e. The molecule has 0 aliphatic heterocycles. The maximum absolute atomic E-state index is 5.38. The van der Waals surface area contributed by atoms with Crippen molar-refractivity contribution in [1.29, 1.82) is 0 Å². The molecule has 1 atom stereocenters. The van der Waals surface area contributed by atoms with Crippen LogP contribution in [0.5, 0.6) is 0 Å². The van der Waals surface area contributed by atoms with E-state index in [0.717, 1.165) is 19.4 Å². The monoisotopic (exact) mass is 140 g/mol. The van der Waals surface area contributed by atoms with E-state index in [4.69, 9.17) is 12.2 Å². The van der Waals surface area contributed by atoms with Crippen molar-refractivity contribution in [3.05, 3.63) is 0 Å². The molecule has 0 spiro atoms. The van der Waals surface area contributed by atoms with Crippen molar-refractivity contribution in [2.75, 3.05) is 13.1 Å². The summed E-state index contributed by atoms with van der Waals surface area (Å²) in [5.74, 6) is 2.59. The molecule has 0 radical (unpaired) electrons. The van der Waals surface area contributed by atoms with Gasteiger partial charge in [0.2, 0.25) is 0 Å². The molecule has 0 aromatic carbocycles. The van der Waals surface area contributed by atoms with E-state index >= 15 is 0 Å². The van der Waals surface area contributed by atoms with E-state index in [1.54, 1.807) is 0 Å². The minimum atomic E-state index is 0.415. The highest BCUT2D eigenvalue weighted by atomic mass is 14.9. The summed E-state index contributed by atoms with van der Waals surface area (Å²) in [5, 5.41) is 3.25. The van der Waals surface area contributed by atoms with Crippen LogP contribution < -0.4 is 11.1 Å². The average Bonchev–Trinajstić information content (AvgIpc) is 1.98. The van der Waals surface area contributed by atoms with Crippen LogP contribution in [0.3, 0.4) is 0 Å². The van der Waals surface area contributed by atoms with E-state index in [0.29, 0.717) is 12.6 Å². The second-order valence-electron chi connectivity index (χ2n) is 2.40. The summed E-state index contributed by atoms with van der Waals surface area (Å²) in [6.45, 7) is 3.73. The summed E-state index contributed by atoms with van der Waals surface area (Å²) in [4.78, 5) is 0. The zero-order valence-corrected chi connectivity index (χ0v) is 6.56. The first kappa shape index (κ1) is 9.48. The van der Waals surface area contributed by atoms with Gasteiger partial charge in [-0.05, 0) is 19.9 Å². The molecule has 0 heterocycles. The Labute approximate surface area is 63.2 Å². The minimum Gasteiger partial charge on any atom is -0.329 e. The first-order valence-electron chi connectivity index (χ1n) is 3.68. The quantitative estimate of drug-likeness (QED) is 0.427. The van der Waals surface area contributed by atoms with Crippen molar-refractivity contribution in [2.45, 2.75) is 25.8 Å². The lowest BCUT2D eigenvalue weighted by atomic mass is 10.3. The summed E-state index contributed by atoms with van der Waals surface area (Å²) < 4.78 is 0. The Morgan fingerprint density at radius 3 is 2.90 bits per heavy atom. The van der Waals surface area contributed by atoms with Crippen LogP contribution in [-0.2, 0) is 0 Å². The van der Waals surface area contributed by atoms with Crippen molar-refractivity contribution in [3.8, 4) is 12.3 Å². The van der Waals surface area contributed by atoms with E-state index in [1.165, 1.54) is 0 Å². The molecule has 1 unspecified atom stereocenters. The molecule has 0 amide bonds. The number of unbranched alkanes of at least 4 members (excludes halogenated alkanes) is 1. The normalized spacial score (nSPS) is 12.5. The molecule has 10 heavy (non-hydrogen) atoms. The fourth-order valence-corrected chi connectivity index (χ4v) is 0.622. The first-order valence-corrected chi connectivity index (χ1v) is 3.68. The van der Waals surface area contributed by atoms with E-state index in [1.807, 2.05) is 0 Å². The van der Waals surface area contributed by atoms with Gasteiger partial charge in [-0.15, -0.1) is 12.3 Å². The standard InChI is InChI=1S/C8H16N2/c1-3-4-5-6-10-8(2)7-9/h1,8,10H,4-7,9H2,2H3. The van der Waals surface area contributed by atoms with Gasteiger partial charge >= 0.3 is 0 Å². The molecule has 58 valence electrons. The first-order chi connectivity index (χ1) is 4.81. The maximum Gasteiger partial charge on any atom is 0.0161 e. The maximum atomic E-state index is 5.38. The second kappa shape index (κ2) is 6.60. The predicted octanol–water partition coefficient (Wildman–Crippen LogP) is 0.337. The Morgan fingerprint density at radius 2 is 2.40 bits per heavy atom.